The van der Waals surface area contributed by atoms with Gasteiger partial charge < -0.3 is 20.1 Å². The summed E-state index contributed by atoms with van der Waals surface area (Å²) in [5, 5.41) is 12.2. The summed E-state index contributed by atoms with van der Waals surface area (Å²) in [6.07, 6.45) is 27.0. The molecule has 0 saturated heterocycles. The lowest BCUT2D eigenvalue weighted by molar-refractivity contribution is -0.144. The fraction of sp³-hybridized carbons (Fsp3) is 0.935. The molecular weight excluding hydrogens is 545 g/mol. The van der Waals surface area contributed by atoms with Gasteiger partial charge in [0, 0.05) is 19.9 Å². The summed E-state index contributed by atoms with van der Waals surface area (Å²) < 4.78 is 25.7. The van der Waals surface area contributed by atoms with E-state index in [-0.39, 0.29) is 25.7 Å². The zero-order valence-electron chi connectivity index (χ0n) is 26.3. The van der Waals surface area contributed by atoms with E-state index in [4.69, 9.17) is 4.52 Å². The molecular formula is C31H62NO8P. The van der Waals surface area contributed by atoms with Crippen LogP contribution in [-0.2, 0) is 27.9 Å². The largest absolute Gasteiger partial charge is 0.472 e. The van der Waals surface area contributed by atoms with Crippen LogP contribution in [0.1, 0.15) is 155 Å². The zero-order chi connectivity index (χ0) is 30.4. The molecule has 0 aromatic heterocycles. The van der Waals surface area contributed by atoms with Gasteiger partial charge in [-0.15, -0.1) is 0 Å². The third-order valence-electron chi connectivity index (χ3n) is 7.10. The number of unbranched alkanes of at least 4 members (excludes halogenated alkanes) is 20. The minimum Gasteiger partial charge on any atom is -0.463 e. The minimum atomic E-state index is -4.36. The van der Waals surface area contributed by atoms with Crippen LogP contribution >= 0.6 is 7.82 Å². The number of aliphatic hydroxyl groups excluding tert-OH is 1. The van der Waals surface area contributed by atoms with Crippen LogP contribution in [0, 0.1) is 0 Å². The minimum absolute atomic E-state index is 0.0853. The molecule has 2 atom stereocenters. The Hall–Kier alpha value is -0.990. The molecule has 41 heavy (non-hydrogen) atoms. The molecule has 0 bridgehead atoms. The second kappa shape index (κ2) is 29.1. The van der Waals surface area contributed by atoms with Crippen LogP contribution in [0.2, 0.25) is 0 Å². The SMILES string of the molecule is CCCCCCCCCCCCCCCCCCCCCCCC(=O)NCCOP(=O)(O)OCC(O)COC(C)=O. The number of esters is 1. The van der Waals surface area contributed by atoms with Gasteiger partial charge in [0.05, 0.1) is 13.2 Å². The van der Waals surface area contributed by atoms with E-state index in [9.17, 15) is 24.2 Å². The van der Waals surface area contributed by atoms with Crippen molar-refractivity contribution in [1.29, 1.82) is 0 Å². The molecule has 0 aromatic rings. The molecule has 0 rings (SSSR count). The lowest BCUT2D eigenvalue weighted by atomic mass is 10.0. The van der Waals surface area contributed by atoms with Crippen LogP contribution in [0.3, 0.4) is 0 Å². The van der Waals surface area contributed by atoms with Crippen molar-refractivity contribution >= 4 is 19.7 Å². The number of rotatable bonds is 31. The Labute approximate surface area is 250 Å². The van der Waals surface area contributed by atoms with Crippen molar-refractivity contribution in [1.82, 2.24) is 5.32 Å². The van der Waals surface area contributed by atoms with Crippen molar-refractivity contribution in [3.8, 4) is 0 Å². The normalized spacial score (nSPS) is 13.6. The molecule has 0 fully saturated rings. The number of phosphoric acid groups is 1. The molecule has 0 spiro atoms. The Morgan fingerprint density at radius 2 is 1.10 bits per heavy atom. The van der Waals surface area contributed by atoms with Crippen LogP contribution < -0.4 is 5.32 Å². The molecule has 0 aliphatic rings. The van der Waals surface area contributed by atoms with Crippen molar-refractivity contribution in [2.45, 2.75) is 161 Å². The number of hydrogen-bond donors (Lipinski definition) is 3. The van der Waals surface area contributed by atoms with Gasteiger partial charge in [-0.3, -0.25) is 18.6 Å². The number of phosphoric ester groups is 1. The highest BCUT2D eigenvalue weighted by molar-refractivity contribution is 7.47. The average molecular weight is 608 g/mol. The number of amides is 1. The average Bonchev–Trinajstić information content (AvgIpc) is 2.94. The standard InChI is InChI=1S/C31H62NO8P/c1-3-4-5-6-7-8-9-10-11-12-13-14-15-16-17-18-19-20-21-22-23-24-31(35)32-25-26-39-41(36,37)40-28-30(34)27-38-29(2)33/h30,34H,3-28H2,1-2H3,(H,32,35)(H,36,37). The van der Waals surface area contributed by atoms with Gasteiger partial charge in [0.1, 0.15) is 12.7 Å². The van der Waals surface area contributed by atoms with E-state index in [1.165, 1.54) is 122 Å². The van der Waals surface area contributed by atoms with Crippen LogP contribution in [0.15, 0.2) is 0 Å². The molecule has 2 unspecified atom stereocenters. The number of ether oxygens (including phenoxy) is 1. The lowest BCUT2D eigenvalue weighted by Crippen LogP contribution is -2.27. The van der Waals surface area contributed by atoms with E-state index in [0.29, 0.717) is 6.42 Å². The summed E-state index contributed by atoms with van der Waals surface area (Å²) >= 11 is 0. The number of nitrogens with one attached hydrogen (secondary N) is 1. The van der Waals surface area contributed by atoms with Crippen molar-refractivity contribution in [3.63, 3.8) is 0 Å². The van der Waals surface area contributed by atoms with E-state index in [0.717, 1.165) is 19.3 Å². The summed E-state index contributed by atoms with van der Waals surface area (Å²) in [5.41, 5.74) is 0. The first kappa shape index (κ1) is 40.0. The maximum Gasteiger partial charge on any atom is 0.472 e. The summed E-state index contributed by atoms with van der Waals surface area (Å²) in [4.78, 5) is 32.2. The maximum absolute atomic E-state index is 11.9. The fourth-order valence-electron chi connectivity index (χ4n) is 4.64. The van der Waals surface area contributed by atoms with Gasteiger partial charge in [-0.2, -0.15) is 0 Å². The highest BCUT2D eigenvalue weighted by atomic mass is 31.2. The van der Waals surface area contributed by atoms with Gasteiger partial charge in [0.2, 0.25) is 5.91 Å². The van der Waals surface area contributed by atoms with Gasteiger partial charge in [0.15, 0.2) is 0 Å². The number of carbonyl (C=O) groups excluding carboxylic acids is 2. The third-order valence-corrected chi connectivity index (χ3v) is 8.08. The summed E-state index contributed by atoms with van der Waals surface area (Å²) in [6.45, 7) is 2.49. The van der Waals surface area contributed by atoms with Crippen LogP contribution in [-0.4, -0.2) is 54.3 Å². The van der Waals surface area contributed by atoms with Crippen molar-refractivity contribution in [2.75, 3.05) is 26.4 Å². The molecule has 10 heteroatoms. The third kappa shape index (κ3) is 31.8. The second-order valence-corrected chi connectivity index (χ2v) is 12.7. The van der Waals surface area contributed by atoms with E-state index < -0.39 is 26.5 Å². The lowest BCUT2D eigenvalue weighted by Gasteiger charge is -2.15. The summed E-state index contributed by atoms with van der Waals surface area (Å²) in [5.74, 6) is -0.689. The van der Waals surface area contributed by atoms with Crippen molar-refractivity contribution in [2.24, 2.45) is 0 Å². The first-order valence-corrected chi connectivity index (χ1v) is 18.0. The van der Waals surface area contributed by atoms with Gasteiger partial charge in [0.25, 0.3) is 0 Å². The Morgan fingerprint density at radius 3 is 1.51 bits per heavy atom. The Balaban J connectivity index is 3.37. The number of carbonyl (C=O) groups is 2. The molecule has 0 radical (unpaired) electrons. The number of aliphatic hydroxyl groups is 1. The van der Waals surface area contributed by atoms with Crippen molar-refractivity contribution < 1.29 is 37.9 Å². The Bertz CT molecular complexity index is 664. The summed E-state index contributed by atoms with van der Waals surface area (Å²) in [7, 11) is -4.36. The first-order valence-electron chi connectivity index (χ1n) is 16.5. The molecule has 0 aromatic carbocycles. The van der Waals surface area contributed by atoms with Crippen LogP contribution in [0.5, 0.6) is 0 Å². The fourth-order valence-corrected chi connectivity index (χ4v) is 5.39. The highest BCUT2D eigenvalue weighted by Gasteiger charge is 2.23. The van der Waals surface area contributed by atoms with Gasteiger partial charge in [-0.25, -0.2) is 4.57 Å². The predicted octanol–water partition coefficient (Wildman–Crippen LogP) is 7.76. The van der Waals surface area contributed by atoms with Crippen LogP contribution in [0.25, 0.3) is 0 Å². The van der Waals surface area contributed by atoms with E-state index in [1.54, 1.807) is 0 Å². The maximum atomic E-state index is 11.9. The zero-order valence-corrected chi connectivity index (χ0v) is 27.1. The van der Waals surface area contributed by atoms with Gasteiger partial charge in [-0.05, 0) is 6.42 Å². The first-order chi connectivity index (χ1) is 19.8. The van der Waals surface area contributed by atoms with Crippen LogP contribution in [0.4, 0.5) is 0 Å². The Kier molecular flexibility index (Phi) is 28.4. The second-order valence-electron chi connectivity index (χ2n) is 11.2. The molecule has 244 valence electrons. The monoisotopic (exact) mass is 607 g/mol. The molecule has 3 N–H and O–H groups in total. The van der Waals surface area contributed by atoms with E-state index in [2.05, 4.69) is 21.5 Å². The molecule has 9 nitrogen and oxygen atoms in total. The smallest absolute Gasteiger partial charge is 0.463 e. The molecule has 0 aliphatic carbocycles. The highest BCUT2D eigenvalue weighted by Crippen LogP contribution is 2.42. The van der Waals surface area contributed by atoms with E-state index in [1.807, 2.05) is 0 Å². The topological polar surface area (TPSA) is 131 Å². The van der Waals surface area contributed by atoms with Gasteiger partial charge >= 0.3 is 13.8 Å². The van der Waals surface area contributed by atoms with Gasteiger partial charge in [-0.1, -0.05) is 135 Å². The predicted molar refractivity (Wildman–Crippen MR) is 165 cm³/mol. The Morgan fingerprint density at radius 1 is 0.683 bits per heavy atom. The van der Waals surface area contributed by atoms with E-state index >= 15 is 0 Å². The number of hydrogen-bond acceptors (Lipinski definition) is 7. The quantitative estimate of drug-likeness (QED) is 0.0414. The molecule has 1 amide bonds. The summed E-state index contributed by atoms with van der Waals surface area (Å²) in [6, 6.07) is 0. The molecule has 0 heterocycles. The molecule has 0 aliphatic heterocycles. The van der Waals surface area contributed by atoms with Crippen molar-refractivity contribution in [3.05, 3.63) is 0 Å². The molecule has 0 saturated carbocycles.